The zero-order chi connectivity index (χ0) is 20.1. The van der Waals surface area contributed by atoms with E-state index in [2.05, 4.69) is 0 Å². The van der Waals surface area contributed by atoms with E-state index in [9.17, 15) is 19.2 Å². The lowest BCUT2D eigenvalue weighted by Crippen LogP contribution is -2.36. The van der Waals surface area contributed by atoms with E-state index in [-0.39, 0.29) is 16.9 Å². The highest BCUT2D eigenvalue weighted by Gasteiger charge is 2.22. The van der Waals surface area contributed by atoms with E-state index in [1.54, 1.807) is 41.5 Å². The van der Waals surface area contributed by atoms with E-state index in [4.69, 9.17) is 14.2 Å². The largest absolute Gasteiger partial charge is 0.514 e. The second kappa shape index (κ2) is 7.99. The van der Waals surface area contributed by atoms with Crippen molar-refractivity contribution in [2.24, 2.45) is 0 Å². The number of carbonyl (C=O) groups is 4. The molecule has 1 rings (SSSR count). The van der Waals surface area contributed by atoms with Crippen LogP contribution in [0.15, 0.2) is 18.2 Å². The van der Waals surface area contributed by atoms with Crippen molar-refractivity contribution in [3.63, 3.8) is 0 Å². The van der Waals surface area contributed by atoms with Crippen LogP contribution in [0.4, 0.5) is 9.59 Å². The molecule has 0 saturated carbocycles. The Bertz CT molecular complexity index is 711. The third kappa shape index (κ3) is 7.33. The Morgan fingerprint density at radius 3 is 2.04 bits per heavy atom. The monoisotopic (exact) mass is 365 g/mol. The summed E-state index contributed by atoms with van der Waals surface area (Å²) < 4.78 is 15.0. The number of hydrogen-bond donors (Lipinski definition) is 1. The number of ether oxygens (including phenoxy) is 3. The number of hydrogen-bond acceptors (Lipinski definition) is 7. The van der Waals surface area contributed by atoms with Crippen LogP contribution in [0.25, 0.3) is 0 Å². The molecular formula is C18H23NO7. The molecule has 8 nitrogen and oxygen atoms in total. The third-order valence-electron chi connectivity index (χ3n) is 2.60. The Balaban J connectivity index is 2.96. The number of aldehydes is 1. The molecule has 26 heavy (non-hydrogen) atoms. The Morgan fingerprint density at radius 1 is 0.962 bits per heavy atom. The second-order valence-electron chi connectivity index (χ2n) is 7.39. The van der Waals surface area contributed by atoms with Gasteiger partial charge < -0.3 is 14.2 Å². The quantitative estimate of drug-likeness (QED) is 0.496. The van der Waals surface area contributed by atoms with Crippen LogP contribution in [-0.2, 0) is 9.47 Å². The first-order valence-corrected chi connectivity index (χ1v) is 7.85. The minimum absolute atomic E-state index is 0.0146. The van der Waals surface area contributed by atoms with Crippen molar-refractivity contribution in [2.45, 2.75) is 52.7 Å². The average molecular weight is 365 g/mol. The highest BCUT2D eigenvalue weighted by molar-refractivity contribution is 6.07. The molecule has 0 aliphatic heterocycles. The highest BCUT2D eigenvalue weighted by Crippen LogP contribution is 2.19. The van der Waals surface area contributed by atoms with E-state index in [1.165, 1.54) is 12.1 Å². The fraction of sp³-hybridized carbons (Fsp3) is 0.444. The van der Waals surface area contributed by atoms with E-state index in [0.29, 0.717) is 6.29 Å². The predicted octanol–water partition coefficient (Wildman–Crippen LogP) is 3.48. The first-order chi connectivity index (χ1) is 11.8. The minimum atomic E-state index is -0.963. The van der Waals surface area contributed by atoms with Crippen molar-refractivity contribution in [1.29, 1.82) is 0 Å². The molecule has 142 valence electrons. The number of alkyl carbamates (subject to hydrolysis) is 1. The zero-order valence-corrected chi connectivity index (χ0v) is 15.7. The van der Waals surface area contributed by atoms with Gasteiger partial charge in [0, 0.05) is 5.56 Å². The molecule has 0 saturated heterocycles. The molecule has 0 unspecified atom stereocenters. The minimum Gasteiger partial charge on any atom is -0.444 e. The number of rotatable bonds is 3. The number of benzene rings is 1. The summed E-state index contributed by atoms with van der Waals surface area (Å²) in [5.74, 6) is -0.879. The van der Waals surface area contributed by atoms with Crippen molar-refractivity contribution in [1.82, 2.24) is 5.32 Å². The van der Waals surface area contributed by atoms with Gasteiger partial charge >= 0.3 is 12.2 Å². The molecule has 0 aliphatic carbocycles. The Kier molecular flexibility index (Phi) is 6.49. The summed E-state index contributed by atoms with van der Waals surface area (Å²) in [6.07, 6.45) is -1.48. The molecule has 0 aliphatic rings. The van der Waals surface area contributed by atoms with Crippen LogP contribution in [0.2, 0.25) is 0 Å². The Morgan fingerprint density at radius 2 is 1.54 bits per heavy atom. The standard InChI is InChI=1S/C18H23NO7/c1-17(2,3)25-15(22)19-14(21)13-9-12(8-7-11(13)10-20)24-16(23)26-18(4,5)6/h7-10H,1-6H3,(H,19,21,22). The number of nitrogens with one attached hydrogen (secondary N) is 1. The Labute approximate surface area is 151 Å². The maximum absolute atomic E-state index is 12.2. The first-order valence-electron chi connectivity index (χ1n) is 7.85. The fourth-order valence-electron chi connectivity index (χ4n) is 1.73. The maximum atomic E-state index is 12.2. The molecule has 2 amide bonds. The summed E-state index contributed by atoms with van der Waals surface area (Å²) in [5.41, 5.74) is -1.68. The van der Waals surface area contributed by atoms with Crippen LogP contribution in [-0.4, -0.2) is 35.6 Å². The van der Waals surface area contributed by atoms with Gasteiger partial charge in [-0.2, -0.15) is 0 Å². The molecule has 0 bridgehead atoms. The van der Waals surface area contributed by atoms with Gasteiger partial charge in [0.15, 0.2) is 6.29 Å². The fourth-order valence-corrected chi connectivity index (χ4v) is 1.73. The summed E-state index contributed by atoms with van der Waals surface area (Å²) in [6.45, 7) is 9.94. The van der Waals surface area contributed by atoms with E-state index < -0.39 is 29.4 Å². The normalized spacial score (nSPS) is 11.3. The van der Waals surface area contributed by atoms with E-state index in [1.807, 2.05) is 5.32 Å². The van der Waals surface area contributed by atoms with E-state index >= 15 is 0 Å². The van der Waals surface area contributed by atoms with Crippen LogP contribution in [0.5, 0.6) is 5.75 Å². The predicted molar refractivity (Wildman–Crippen MR) is 92.4 cm³/mol. The van der Waals surface area contributed by atoms with Crippen molar-refractivity contribution >= 4 is 24.4 Å². The van der Waals surface area contributed by atoms with Crippen LogP contribution in [0, 0.1) is 0 Å². The third-order valence-corrected chi connectivity index (χ3v) is 2.60. The molecule has 0 heterocycles. The smallest absolute Gasteiger partial charge is 0.444 e. The molecule has 1 N–H and O–H groups in total. The van der Waals surface area contributed by atoms with Crippen molar-refractivity contribution in [2.75, 3.05) is 0 Å². The van der Waals surface area contributed by atoms with Gasteiger partial charge in [-0.1, -0.05) is 0 Å². The molecular weight excluding hydrogens is 342 g/mol. The van der Waals surface area contributed by atoms with Crippen LogP contribution >= 0.6 is 0 Å². The summed E-state index contributed by atoms with van der Waals surface area (Å²) >= 11 is 0. The van der Waals surface area contributed by atoms with Crippen LogP contribution < -0.4 is 10.1 Å². The lowest BCUT2D eigenvalue weighted by atomic mass is 10.1. The molecule has 0 spiro atoms. The van der Waals surface area contributed by atoms with Gasteiger partial charge in [-0.3, -0.25) is 14.9 Å². The lowest BCUT2D eigenvalue weighted by Gasteiger charge is -2.20. The van der Waals surface area contributed by atoms with Gasteiger partial charge in [-0.05, 0) is 59.7 Å². The molecule has 0 fully saturated rings. The number of carbonyl (C=O) groups excluding carboxylic acids is 4. The summed E-state index contributed by atoms with van der Waals surface area (Å²) in [6, 6.07) is 3.78. The molecule has 8 heteroatoms. The van der Waals surface area contributed by atoms with Gasteiger partial charge in [-0.15, -0.1) is 0 Å². The summed E-state index contributed by atoms with van der Waals surface area (Å²) in [7, 11) is 0. The van der Waals surface area contributed by atoms with Crippen molar-refractivity contribution in [3.8, 4) is 5.75 Å². The van der Waals surface area contributed by atoms with Crippen molar-refractivity contribution in [3.05, 3.63) is 29.3 Å². The summed E-state index contributed by atoms with van der Waals surface area (Å²) in [5, 5.41) is 2.02. The van der Waals surface area contributed by atoms with E-state index in [0.717, 1.165) is 6.07 Å². The second-order valence-corrected chi connectivity index (χ2v) is 7.39. The van der Waals surface area contributed by atoms with Crippen LogP contribution in [0.3, 0.4) is 0 Å². The van der Waals surface area contributed by atoms with Gasteiger partial charge in [-0.25, -0.2) is 9.59 Å². The number of imide groups is 1. The highest BCUT2D eigenvalue weighted by atomic mass is 16.7. The van der Waals surface area contributed by atoms with Crippen LogP contribution in [0.1, 0.15) is 62.3 Å². The van der Waals surface area contributed by atoms with Gasteiger partial charge in [0.05, 0.1) is 5.56 Å². The molecule has 1 aromatic carbocycles. The maximum Gasteiger partial charge on any atom is 0.514 e. The van der Waals surface area contributed by atoms with Crippen molar-refractivity contribution < 1.29 is 33.4 Å². The van der Waals surface area contributed by atoms with Gasteiger partial charge in [0.1, 0.15) is 17.0 Å². The first kappa shape index (κ1) is 21.1. The SMILES string of the molecule is CC(C)(C)OC(=O)NC(=O)c1cc(OC(=O)OC(C)(C)C)ccc1C=O. The van der Waals surface area contributed by atoms with Gasteiger partial charge in [0.25, 0.3) is 5.91 Å². The molecule has 0 aromatic heterocycles. The lowest BCUT2D eigenvalue weighted by molar-refractivity contribution is 0.0205. The zero-order valence-electron chi connectivity index (χ0n) is 15.7. The molecule has 0 atom stereocenters. The Hall–Kier alpha value is -2.90. The summed E-state index contributed by atoms with van der Waals surface area (Å²) in [4.78, 5) is 46.8. The molecule has 0 radical (unpaired) electrons. The topological polar surface area (TPSA) is 108 Å². The number of amides is 2. The average Bonchev–Trinajstić information content (AvgIpc) is 2.42. The molecule has 1 aromatic rings. The van der Waals surface area contributed by atoms with Gasteiger partial charge in [0.2, 0.25) is 0 Å².